The highest BCUT2D eigenvalue weighted by molar-refractivity contribution is 6.30. The fourth-order valence-corrected chi connectivity index (χ4v) is 4.21. The lowest BCUT2D eigenvalue weighted by Gasteiger charge is -2.38. The topological polar surface area (TPSA) is 73.7 Å². The molecule has 0 unspecified atom stereocenters. The normalized spacial score (nSPS) is 18.3. The number of imidazole rings is 1. The van der Waals surface area contributed by atoms with Crippen LogP contribution in [0.15, 0.2) is 48.5 Å². The number of amides is 1. The first-order valence-electron chi connectivity index (χ1n) is 10.3. The van der Waals surface area contributed by atoms with Crippen LogP contribution in [0.2, 0.25) is 5.02 Å². The zero-order chi connectivity index (χ0) is 22.0. The van der Waals surface area contributed by atoms with E-state index in [1.807, 2.05) is 41.0 Å². The number of rotatable bonds is 7. The summed E-state index contributed by atoms with van der Waals surface area (Å²) >= 11 is 6.10. The Kier molecular flexibility index (Phi) is 6.25. The minimum Gasteiger partial charge on any atom is -0.465 e. The Labute approximate surface area is 185 Å². The van der Waals surface area contributed by atoms with Crippen LogP contribution in [0.4, 0.5) is 5.95 Å². The van der Waals surface area contributed by atoms with Crippen LogP contribution in [-0.2, 0) is 19.1 Å². The summed E-state index contributed by atoms with van der Waals surface area (Å²) in [6.07, 6.45) is 0.618. The maximum atomic E-state index is 13.6. The molecule has 1 aromatic heterocycles. The summed E-state index contributed by atoms with van der Waals surface area (Å²) in [4.78, 5) is 33.0. The predicted molar refractivity (Wildman–Crippen MR) is 118 cm³/mol. The molecule has 0 saturated heterocycles. The number of para-hydroxylation sites is 2. The van der Waals surface area contributed by atoms with Crippen LogP contribution >= 0.6 is 11.6 Å². The van der Waals surface area contributed by atoms with Gasteiger partial charge in [0.2, 0.25) is 11.9 Å². The van der Waals surface area contributed by atoms with Gasteiger partial charge < -0.3 is 14.0 Å². The third kappa shape index (κ3) is 3.91. The first-order valence-corrected chi connectivity index (χ1v) is 10.6. The van der Waals surface area contributed by atoms with Crippen molar-refractivity contribution in [3.8, 4) is 0 Å². The van der Waals surface area contributed by atoms with Gasteiger partial charge in [0.25, 0.3) is 0 Å². The van der Waals surface area contributed by atoms with Crippen molar-refractivity contribution in [1.82, 2.24) is 9.55 Å². The van der Waals surface area contributed by atoms with Crippen LogP contribution in [-0.4, -0.2) is 48.3 Å². The molecule has 3 aromatic rings. The fourth-order valence-electron chi connectivity index (χ4n) is 4.09. The molecular formula is C23H24ClN3O4. The van der Waals surface area contributed by atoms with Gasteiger partial charge >= 0.3 is 5.97 Å². The van der Waals surface area contributed by atoms with Crippen molar-refractivity contribution in [2.75, 3.05) is 31.8 Å². The minimum atomic E-state index is -1.03. The van der Waals surface area contributed by atoms with Crippen molar-refractivity contribution in [2.24, 2.45) is 5.92 Å². The van der Waals surface area contributed by atoms with Crippen LogP contribution in [0.5, 0.6) is 0 Å². The number of fused-ring (bicyclic) bond motifs is 3. The number of benzene rings is 2. The molecule has 1 amide bonds. The van der Waals surface area contributed by atoms with Gasteiger partial charge in [0.15, 0.2) is 5.92 Å². The largest absolute Gasteiger partial charge is 0.465 e. The summed E-state index contributed by atoms with van der Waals surface area (Å²) < 4.78 is 12.5. The number of carbonyl (C=O) groups excluding carboxylic acids is 2. The van der Waals surface area contributed by atoms with Gasteiger partial charge in [-0.25, -0.2) is 4.98 Å². The van der Waals surface area contributed by atoms with Gasteiger partial charge in [-0.05, 0) is 43.2 Å². The summed E-state index contributed by atoms with van der Waals surface area (Å²) in [5, 5.41) is 0.579. The van der Waals surface area contributed by atoms with Gasteiger partial charge in [-0.15, -0.1) is 0 Å². The van der Waals surface area contributed by atoms with E-state index in [2.05, 4.69) is 0 Å². The molecule has 0 saturated carbocycles. The fraction of sp³-hybridized carbons (Fsp3) is 0.348. The van der Waals surface area contributed by atoms with E-state index in [0.29, 0.717) is 30.5 Å². The molecule has 31 heavy (non-hydrogen) atoms. The second kappa shape index (κ2) is 9.08. The van der Waals surface area contributed by atoms with Crippen LogP contribution in [0.1, 0.15) is 24.9 Å². The van der Waals surface area contributed by atoms with E-state index in [1.54, 1.807) is 31.1 Å². The molecule has 0 spiro atoms. The van der Waals surface area contributed by atoms with Gasteiger partial charge in [0.1, 0.15) is 0 Å². The Hall–Kier alpha value is -2.90. The smallest absolute Gasteiger partial charge is 0.321 e. The highest BCUT2D eigenvalue weighted by atomic mass is 35.5. The number of methoxy groups -OCH3 is 1. The van der Waals surface area contributed by atoms with E-state index < -0.39 is 17.9 Å². The van der Waals surface area contributed by atoms with E-state index in [4.69, 9.17) is 26.1 Å². The summed E-state index contributed by atoms with van der Waals surface area (Å²) in [6, 6.07) is 14.3. The van der Waals surface area contributed by atoms with Gasteiger partial charge in [0, 0.05) is 25.3 Å². The maximum absolute atomic E-state index is 13.6. The van der Waals surface area contributed by atoms with Gasteiger partial charge in [0.05, 0.1) is 23.7 Å². The van der Waals surface area contributed by atoms with Crippen molar-refractivity contribution in [1.29, 1.82) is 0 Å². The summed E-state index contributed by atoms with van der Waals surface area (Å²) in [5.74, 6) is -1.39. The van der Waals surface area contributed by atoms with Crippen LogP contribution in [0, 0.1) is 5.92 Å². The first kappa shape index (κ1) is 21.3. The number of ether oxygens (including phenoxy) is 2. The summed E-state index contributed by atoms with van der Waals surface area (Å²) in [7, 11) is 1.62. The zero-order valence-corrected chi connectivity index (χ0v) is 18.2. The number of aromatic nitrogens is 2. The molecule has 8 heteroatoms. The van der Waals surface area contributed by atoms with Crippen molar-refractivity contribution in [3.63, 3.8) is 0 Å². The molecule has 2 aromatic carbocycles. The van der Waals surface area contributed by atoms with Crippen LogP contribution < -0.4 is 4.90 Å². The van der Waals surface area contributed by atoms with Gasteiger partial charge in [-0.2, -0.15) is 0 Å². The second-order valence-electron chi connectivity index (χ2n) is 7.33. The maximum Gasteiger partial charge on any atom is 0.321 e. The SMILES string of the molecule is CCOC(=O)[C@@H]1C(=O)N(CCCOC)c2nc3ccccc3n2[C@@H]1c1ccc(Cl)cc1. The quantitative estimate of drug-likeness (QED) is 0.316. The molecule has 7 nitrogen and oxygen atoms in total. The molecule has 2 atom stereocenters. The number of esters is 1. The third-order valence-corrected chi connectivity index (χ3v) is 5.68. The zero-order valence-electron chi connectivity index (χ0n) is 17.5. The van der Waals surface area contributed by atoms with Gasteiger partial charge in [-0.1, -0.05) is 35.9 Å². The van der Waals surface area contributed by atoms with E-state index >= 15 is 0 Å². The lowest BCUT2D eigenvalue weighted by molar-refractivity contribution is -0.153. The van der Waals surface area contributed by atoms with Crippen molar-refractivity contribution in [2.45, 2.75) is 19.4 Å². The Morgan fingerprint density at radius 2 is 1.90 bits per heavy atom. The van der Waals surface area contributed by atoms with Crippen molar-refractivity contribution >= 4 is 40.5 Å². The number of carbonyl (C=O) groups is 2. The third-order valence-electron chi connectivity index (χ3n) is 5.43. The first-order chi connectivity index (χ1) is 15.1. The monoisotopic (exact) mass is 441 g/mol. The summed E-state index contributed by atoms with van der Waals surface area (Å²) in [6.45, 7) is 2.81. The number of hydrogen-bond donors (Lipinski definition) is 0. The van der Waals surface area contributed by atoms with Crippen molar-refractivity contribution < 1.29 is 19.1 Å². The molecule has 1 aliphatic rings. The molecule has 4 rings (SSSR count). The Balaban J connectivity index is 1.93. The highest BCUT2D eigenvalue weighted by Crippen LogP contribution is 2.41. The second-order valence-corrected chi connectivity index (χ2v) is 7.77. The van der Waals surface area contributed by atoms with E-state index in [0.717, 1.165) is 16.6 Å². The average Bonchev–Trinajstić information content (AvgIpc) is 3.15. The van der Waals surface area contributed by atoms with Gasteiger partial charge in [-0.3, -0.25) is 14.5 Å². The molecule has 2 heterocycles. The number of anilines is 1. The Bertz CT molecular complexity index is 1100. The molecule has 0 fully saturated rings. The van der Waals surface area contributed by atoms with E-state index in [9.17, 15) is 9.59 Å². The molecule has 0 bridgehead atoms. The minimum absolute atomic E-state index is 0.192. The van der Waals surface area contributed by atoms with E-state index in [1.165, 1.54) is 0 Å². The predicted octanol–water partition coefficient (Wildman–Crippen LogP) is 3.84. The number of halogens is 1. The molecule has 0 radical (unpaired) electrons. The molecule has 1 aliphatic heterocycles. The molecule has 0 N–H and O–H groups in total. The highest BCUT2D eigenvalue weighted by Gasteiger charge is 2.47. The van der Waals surface area contributed by atoms with E-state index in [-0.39, 0.29) is 12.5 Å². The molecular weight excluding hydrogens is 418 g/mol. The number of hydrogen-bond acceptors (Lipinski definition) is 5. The van der Waals surface area contributed by atoms with Crippen LogP contribution in [0.25, 0.3) is 11.0 Å². The lowest BCUT2D eigenvalue weighted by atomic mass is 9.89. The standard InChI is InChI=1S/C23H24ClN3O4/c1-3-31-22(29)19-20(15-9-11-16(24)12-10-15)27-18-8-5-4-7-17(18)25-23(27)26(21(19)28)13-6-14-30-2/h4-5,7-12,19-20H,3,6,13-14H2,1-2H3/t19-,20+/m0/s1. The summed E-state index contributed by atoms with van der Waals surface area (Å²) in [5.41, 5.74) is 2.39. The van der Waals surface area contributed by atoms with Crippen LogP contribution in [0.3, 0.4) is 0 Å². The average molecular weight is 442 g/mol. The molecule has 162 valence electrons. The van der Waals surface area contributed by atoms with Crippen molar-refractivity contribution in [3.05, 3.63) is 59.1 Å². The Morgan fingerprint density at radius 3 is 2.61 bits per heavy atom. The Morgan fingerprint density at radius 1 is 1.16 bits per heavy atom. The number of nitrogens with zero attached hydrogens (tertiary/aromatic N) is 3. The molecule has 0 aliphatic carbocycles. The lowest BCUT2D eigenvalue weighted by Crippen LogP contribution is -2.50.